The normalized spacial score (nSPS) is 10.8. The van der Waals surface area contributed by atoms with Crippen molar-refractivity contribution in [2.45, 2.75) is 26.1 Å². The largest absolute Gasteiger partial charge is 0.489 e. The Morgan fingerprint density at radius 3 is 2.88 bits per heavy atom. The molecule has 3 aromatic rings. The number of hydrogen-bond donors (Lipinski definition) is 1. The van der Waals surface area contributed by atoms with Crippen LogP contribution in [0.15, 0.2) is 67.3 Å². The lowest BCUT2D eigenvalue weighted by molar-refractivity contribution is 0.306. The summed E-state index contributed by atoms with van der Waals surface area (Å²) in [6, 6.07) is 15.9. The summed E-state index contributed by atoms with van der Waals surface area (Å²) in [5.41, 5.74) is 2.20. The first kappa shape index (κ1) is 17.5. The minimum Gasteiger partial charge on any atom is -0.489 e. The van der Waals surface area contributed by atoms with Crippen molar-refractivity contribution in [2.75, 3.05) is 6.54 Å². The number of nitrogens with one attached hydrogen (secondary N) is 1. The molecule has 5 heteroatoms. The fraction of sp³-hybridized carbons (Fsp3) is 0.250. The number of imidazole rings is 1. The highest BCUT2D eigenvalue weighted by Crippen LogP contribution is 2.19. The van der Waals surface area contributed by atoms with Gasteiger partial charge in [-0.15, -0.1) is 0 Å². The average molecular weight is 356 g/mol. The lowest BCUT2D eigenvalue weighted by atomic mass is 10.2. The van der Waals surface area contributed by atoms with Crippen LogP contribution in [0, 0.1) is 0 Å². The Labute approximate surface area is 153 Å². The molecular formula is C20H22ClN3O. The maximum atomic E-state index is 6.16. The van der Waals surface area contributed by atoms with Crippen LogP contribution < -0.4 is 10.1 Å². The van der Waals surface area contributed by atoms with Gasteiger partial charge >= 0.3 is 0 Å². The van der Waals surface area contributed by atoms with Gasteiger partial charge in [-0.25, -0.2) is 4.98 Å². The van der Waals surface area contributed by atoms with Gasteiger partial charge in [-0.05, 0) is 36.7 Å². The summed E-state index contributed by atoms with van der Waals surface area (Å²) in [6.45, 7) is 3.24. The van der Waals surface area contributed by atoms with E-state index >= 15 is 0 Å². The first-order chi connectivity index (χ1) is 12.3. The van der Waals surface area contributed by atoms with Crippen LogP contribution in [0.4, 0.5) is 0 Å². The Morgan fingerprint density at radius 1 is 1.12 bits per heavy atom. The summed E-state index contributed by atoms with van der Waals surface area (Å²) < 4.78 is 7.96. The molecule has 0 spiro atoms. The molecule has 1 heterocycles. The first-order valence-corrected chi connectivity index (χ1v) is 8.81. The molecule has 3 rings (SSSR count). The summed E-state index contributed by atoms with van der Waals surface area (Å²) in [7, 11) is 0. The SMILES string of the molecule is Clc1ccccc1COc1cccc(CNCCCn2ccnc2)c1. The van der Waals surface area contributed by atoms with Crippen LogP contribution in [0.2, 0.25) is 5.02 Å². The second-order valence-corrected chi connectivity index (χ2v) is 6.27. The number of ether oxygens (including phenoxy) is 1. The van der Waals surface area contributed by atoms with Crippen molar-refractivity contribution in [1.29, 1.82) is 0 Å². The van der Waals surface area contributed by atoms with E-state index in [-0.39, 0.29) is 0 Å². The van der Waals surface area contributed by atoms with Crippen molar-refractivity contribution in [2.24, 2.45) is 0 Å². The highest BCUT2D eigenvalue weighted by Gasteiger charge is 2.01. The smallest absolute Gasteiger partial charge is 0.120 e. The zero-order valence-corrected chi connectivity index (χ0v) is 14.8. The second kappa shape index (κ2) is 9.25. The Kier molecular flexibility index (Phi) is 6.48. The maximum Gasteiger partial charge on any atom is 0.120 e. The number of halogens is 1. The molecule has 0 unspecified atom stereocenters. The summed E-state index contributed by atoms with van der Waals surface area (Å²) in [5.74, 6) is 0.859. The monoisotopic (exact) mass is 355 g/mol. The lowest BCUT2D eigenvalue weighted by Crippen LogP contribution is -2.16. The quantitative estimate of drug-likeness (QED) is 0.582. The third-order valence-corrected chi connectivity index (χ3v) is 4.28. The first-order valence-electron chi connectivity index (χ1n) is 8.43. The van der Waals surface area contributed by atoms with E-state index in [9.17, 15) is 0 Å². The predicted octanol–water partition coefficient (Wildman–Crippen LogP) is 4.30. The zero-order chi connectivity index (χ0) is 17.3. The Bertz CT molecular complexity index is 774. The average Bonchev–Trinajstić information content (AvgIpc) is 3.15. The molecule has 25 heavy (non-hydrogen) atoms. The van der Waals surface area contributed by atoms with Crippen LogP contribution in [-0.2, 0) is 19.7 Å². The van der Waals surface area contributed by atoms with E-state index in [1.807, 2.05) is 55.1 Å². The number of rotatable bonds is 9. The molecule has 0 saturated carbocycles. The Morgan fingerprint density at radius 2 is 2.04 bits per heavy atom. The fourth-order valence-corrected chi connectivity index (χ4v) is 2.75. The number of aryl methyl sites for hydroxylation is 1. The summed E-state index contributed by atoms with van der Waals surface area (Å²) in [4.78, 5) is 4.04. The van der Waals surface area contributed by atoms with Crippen molar-refractivity contribution in [3.05, 3.63) is 83.4 Å². The highest BCUT2D eigenvalue weighted by molar-refractivity contribution is 6.31. The number of aromatic nitrogens is 2. The molecule has 1 N–H and O–H groups in total. The van der Waals surface area contributed by atoms with Gasteiger partial charge < -0.3 is 14.6 Å². The molecule has 0 aliphatic carbocycles. The predicted molar refractivity (Wildman–Crippen MR) is 101 cm³/mol. The van der Waals surface area contributed by atoms with Crippen LogP contribution >= 0.6 is 11.6 Å². The topological polar surface area (TPSA) is 39.1 Å². The standard InChI is InChI=1S/C20H22ClN3O/c21-20-8-2-1-6-18(20)15-25-19-7-3-5-17(13-19)14-22-9-4-11-24-12-10-23-16-24/h1-3,5-8,10,12-13,16,22H,4,9,11,14-15H2. The number of benzene rings is 2. The van der Waals surface area contributed by atoms with Gasteiger partial charge in [0.05, 0.1) is 6.33 Å². The fourth-order valence-electron chi connectivity index (χ4n) is 2.56. The van der Waals surface area contributed by atoms with Gasteiger partial charge in [-0.1, -0.05) is 41.9 Å². The van der Waals surface area contributed by atoms with Gasteiger partial charge in [-0.3, -0.25) is 0 Å². The van der Waals surface area contributed by atoms with Crippen molar-refractivity contribution in [3.8, 4) is 5.75 Å². The molecule has 4 nitrogen and oxygen atoms in total. The van der Waals surface area contributed by atoms with Gasteiger partial charge in [0.15, 0.2) is 0 Å². The Hall–Kier alpha value is -2.30. The van der Waals surface area contributed by atoms with Gasteiger partial charge in [-0.2, -0.15) is 0 Å². The van der Waals surface area contributed by atoms with Crippen molar-refractivity contribution < 1.29 is 4.74 Å². The third kappa shape index (κ3) is 5.62. The van der Waals surface area contributed by atoms with Gasteiger partial charge in [0.2, 0.25) is 0 Å². The van der Waals surface area contributed by atoms with E-state index in [4.69, 9.17) is 16.3 Å². The van der Waals surface area contributed by atoms with Gasteiger partial charge in [0.25, 0.3) is 0 Å². The highest BCUT2D eigenvalue weighted by atomic mass is 35.5. The lowest BCUT2D eigenvalue weighted by Gasteiger charge is -2.10. The molecule has 0 bridgehead atoms. The van der Waals surface area contributed by atoms with Crippen molar-refractivity contribution in [3.63, 3.8) is 0 Å². The van der Waals surface area contributed by atoms with Crippen LogP contribution in [0.25, 0.3) is 0 Å². The van der Waals surface area contributed by atoms with E-state index in [1.165, 1.54) is 5.56 Å². The van der Waals surface area contributed by atoms with E-state index < -0.39 is 0 Å². The van der Waals surface area contributed by atoms with Crippen molar-refractivity contribution >= 4 is 11.6 Å². The molecule has 0 fully saturated rings. The van der Waals surface area contributed by atoms with E-state index in [0.29, 0.717) is 6.61 Å². The second-order valence-electron chi connectivity index (χ2n) is 5.86. The minimum atomic E-state index is 0.474. The van der Waals surface area contributed by atoms with Crippen LogP contribution in [-0.4, -0.2) is 16.1 Å². The molecule has 0 radical (unpaired) electrons. The summed E-state index contributed by atoms with van der Waals surface area (Å²) >= 11 is 6.16. The van der Waals surface area contributed by atoms with Crippen LogP contribution in [0.5, 0.6) is 5.75 Å². The molecule has 0 amide bonds. The zero-order valence-electron chi connectivity index (χ0n) is 14.1. The maximum absolute atomic E-state index is 6.16. The Balaban J connectivity index is 1.42. The molecule has 2 aromatic carbocycles. The van der Waals surface area contributed by atoms with Crippen molar-refractivity contribution in [1.82, 2.24) is 14.9 Å². The summed E-state index contributed by atoms with van der Waals surface area (Å²) in [5, 5.41) is 4.20. The van der Waals surface area contributed by atoms with Gasteiger partial charge in [0.1, 0.15) is 12.4 Å². The molecule has 0 aliphatic rings. The van der Waals surface area contributed by atoms with E-state index in [2.05, 4.69) is 27.0 Å². The number of hydrogen-bond acceptors (Lipinski definition) is 3. The van der Waals surface area contributed by atoms with Crippen LogP contribution in [0.3, 0.4) is 0 Å². The molecule has 130 valence electrons. The molecular weight excluding hydrogens is 334 g/mol. The molecule has 0 aliphatic heterocycles. The molecule has 1 aromatic heterocycles. The molecule has 0 atom stereocenters. The third-order valence-electron chi connectivity index (χ3n) is 3.91. The van der Waals surface area contributed by atoms with Gasteiger partial charge in [0, 0.05) is 36.1 Å². The van der Waals surface area contributed by atoms with E-state index in [1.54, 1.807) is 0 Å². The molecule has 0 saturated heterocycles. The van der Waals surface area contributed by atoms with E-state index in [0.717, 1.165) is 42.4 Å². The summed E-state index contributed by atoms with van der Waals surface area (Å²) in [6.07, 6.45) is 6.71. The number of nitrogens with zero attached hydrogens (tertiary/aromatic N) is 2. The minimum absolute atomic E-state index is 0.474. The van der Waals surface area contributed by atoms with Crippen LogP contribution in [0.1, 0.15) is 17.5 Å².